The van der Waals surface area contributed by atoms with Gasteiger partial charge in [-0.15, -0.1) is 0 Å². The number of amides is 1. The Kier molecular flexibility index (Phi) is 5.86. The van der Waals surface area contributed by atoms with Crippen LogP contribution in [0.25, 0.3) is 0 Å². The van der Waals surface area contributed by atoms with Gasteiger partial charge in [0.05, 0.1) is 6.54 Å². The molecule has 0 radical (unpaired) electrons. The molecule has 0 atom stereocenters. The fourth-order valence-corrected chi connectivity index (χ4v) is 2.77. The van der Waals surface area contributed by atoms with E-state index in [-0.39, 0.29) is 5.91 Å². The van der Waals surface area contributed by atoms with Gasteiger partial charge in [0.15, 0.2) is 0 Å². The zero-order valence-electron chi connectivity index (χ0n) is 13.9. The molecule has 1 heterocycles. The molecule has 3 aromatic rings. The van der Waals surface area contributed by atoms with Crippen LogP contribution in [-0.4, -0.2) is 15.7 Å². The summed E-state index contributed by atoms with van der Waals surface area (Å²) in [4.78, 5) is 12.1. The van der Waals surface area contributed by atoms with Crippen LogP contribution in [0.2, 0.25) is 5.02 Å². The van der Waals surface area contributed by atoms with Gasteiger partial charge in [0, 0.05) is 30.4 Å². The van der Waals surface area contributed by atoms with Gasteiger partial charge in [-0.3, -0.25) is 9.48 Å². The lowest BCUT2D eigenvalue weighted by molar-refractivity contribution is -0.121. The van der Waals surface area contributed by atoms with Crippen molar-refractivity contribution in [2.75, 3.05) is 0 Å². The minimum absolute atomic E-state index is 0.0452. The first-order valence-corrected chi connectivity index (χ1v) is 8.64. The van der Waals surface area contributed by atoms with E-state index < -0.39 is 0 Å². The highest BCUT2D eigenvalue weighted by Gasteiger charge is 2.06. The number of nitrogens with zero attached hydrogens (tertiary/aromatic N) is 2. The summed E-state index contributed by atoms with van der Waals surface area (Å²) in [5, 5.41) is 7.95. The molecule has 0 saturated carbocycles. The number of carbonyl (C=O) groups is 1. The van der Waals surface area contributed by atoms with Crippen molar-refractivity contribution in [1.82, 2.24) is 15.1 Å². The third-order valence-electron chi connectivity index (χ3n) is 4.04. The second-order valence-corrected chi connectivity index (χ2v) is 6.31. The second-order valence-electron chi connectivity index (χ2n) is 5.88. The van der Waals surface area contributed by atoms with E-state index in [0.29, 0.717) is 31.0 Å². The van der Waals surface area contributed by atoms with E-state index in [1.54, 1.807) is 6.20 Å². The third-order valence-corrected chi connectivity index (χ3v) is 4.29. The molecule has 1 aromatic heterocycles. The molecule has 0 aliphatic rings. The highest BCUT2D eigenvalue weighted by Crippen LogP contribution is 2.12. The van der Waals surface area contributed by atoms with Gasteiger partial charge in [0.25, 0.3) is 0 Å². The Hall–Kier alpha value is -2.59. The maximum atomic E-state index is 12.1. The van der Waals surface area contributed by atoms with E-state index in [4.69, 9.17) is 11.6 Å². The topological polar surface area (TPSA) is 46.9 Å². The smallest absolute Gasteiger partial charge is 0.220 e. The normalized spacial score (nSPS) is 10.6. The van der Waals surface area contributed by atoms with Crippen LogP contribution in [0.5, 0.6) is 0 Å². The van der Waals surface area contributed by atoms with Crippen LogP contribution in [0.1, 0.15) is 23.1 Å². The van der Waals surface area contributed by atoms with Gasteiger partial charge < -0.3 is 5.32 Å². The van der Waals surface area contributed by atoms with Crippen molar-refractivity contribution in [3.63, 3.8) is 0 Å². The van der Waals surface area contributed by atoms with Crippen molar-refractivity contribution in [3.05, 3.63) is 88.7 Å². The van der Waals surface area contributed by atoms with Crippen LogP contribution >= 0.6 is 11.6 Å². The lowest BCUT2D eigenvalue weighted by Crippen LogP contribution is -2.23. The summed E-state index contributed by atoms with van der Waals surface area (Å²) in [7, 11) is 0. The molecule has 0 aliphatic carbocycles. The van der Waals surface area contributed by atoms with Crippen LogP contribution in [0, 0.1) is 0 Å². The minimum atomic E-state index is 0.0452. The second kappa shape index (κ2) is 8.49. The molecule has 4 nitrogen and oxygen atoms in total. The first-order chi connectivity index (χ1) is 12.2. The summed E-state index contributed by atoms with van der Waals surface area (Å²) in [5.74, 6) is 0.0452. The Bertz CT molecular complexity index is 813. The SMILES string of the molecule is O=C(CCc1ccc(Cl)cc1)NCc1ccccc1Cn1cccn1. The molecule has 25 heavy (non-hydrogen) atoms. The van der Waals surface area contributed by atoms with E-state index in [1.165, 1.54) is 0 Å². The summed E-state index contributed by atoms with van der Waals surface area (Å²) < 4.78 is 1.88. The van der Waals surface area contributed by atoms with Gasteiger partial charge in [-0.2, -0.15) is 5.10 Å². The summed E-state index contributed by atoms with van der Waals surface area (Å²) >= 11 is 5.87. The van der Waals surface area contributed by atoms with Crippen LogP contribution in [-0.2, 0) is 24.3 Å². The summed E-state index contributed by atoms with van der Waals surface area (Å²) in [6, 6.07) is 17.6. The van der Waals surface area contributed by atoms with Gasteiger partial charge in [-0.25, -0.2) is 0 Å². The first-order valence-electron chi connectivity index (χ1n) is 8.26. The van der Waals surface area contributed by atoms with Gasteiger partial charge in [0.2, 0.25) is 5.91 Å². The van der Waals surface area contributed by atoms with E-state index in [0.717, 1.165) is 16.7 Å². The molecule has 0 spiro atoms. The van der Waals surface area contributed by atoms with Crippen LogP contribution in [0.3, 0.4) is 0 Å². The van der Waals surface area contributed by atoms with Crippen molar-refractivity contribution in [2.24, 2.45) is 0 Å². The maximum Gasteiger partial charge on any atom is 0.220 e. The number of benzene rings is 2. The zero-order valence-corrected chi connectivity index (χ0v) is 14.6. The molecule has 1 amide bonds. The first kappa shape index (κ1) is 17.2. The number of rotatable bonds is 7. The van der Waals surface area contributed by atoms with Crippen molar-refractivity contribution in [2.45, 2.75) is 25.9 Å². The number of carbonyl (C=O) groups excluding carboxylic acids is 1. The highest BCUT2D eigenvalue weighted by molar-refractivity contribution is 6.30. The molecular formula is C20H20ClN3O. The lowest BCUT2D eigenvalue weighted by Gasteiger charge is -2.11. The summed E-state index contributed by atoms with van der Waals surface area (Å²) in [6.07, 6.45) is 4.86. The average Bonchev–Trinajstić information content (AvgIpc) is 3.13. The number of nitrogens with one attached hydrogen (secondary N) is 1. The predicted octanol–water partition coefficient (Wildman–Crippen LogP) is 3.83. The zero-order chi connectivity index (χ0) is 17.5. The molecular weight excluding hydrogens is 334 g/mol. The van der Waals surface area contributed by atoms with Crippen LogP contribution in [0.4, 0.5) is 0 Å². The van der Waals surface area contributed by atoms with Gasteiger partial charge in [0.1, 0.15) is 0 Å². The Morgan fingerprint density at radius 1 is 1.04 bits per heavy atom. The number of hydrogen-bond donors (Lipinski definition) is 1. The number of hydrogen-bond acceptors (Lipinski definition) is 2. The van der Waals surface area contributed by atoms with E-state index >= 15 is 0 Å². The number of aromatic nitrogens is 2. The fraction of sp³-hybridized carbons (Fsp3) is 0.200. The van der Waals surface area contributed by atoms with Gasteiger partial charge in [-0.05, 0) is 41.3 Å². The van der Waals surface area contributed by atoms with Crippen LogP contribution < -0.4 is 5.32 Å². The number of halogens is 1. The quantitative estimate of drug-likeness (QED) is 0.701. The average molecular weight is 354 g/mol. The van der Waals surface area contributed by atoms with E-state index in [2.05, 4.69) is 16.5 Å². The Balaban J connectivity index is 1.52. The highest BCUT2D eigenvalue weighted by atomic mass is 35.5. The predicted molar refractivity (Wildman–Crippen MR) is 99.4 cm³/mol. The van der Waals surface area contributed by atoms with Crippen molar-refractivity contribution in [1.29, 1.82) is 0 Å². The molecule has 0 bridgehead atoms. The Morgan fingerprint density at radius 2 is 1.80 bits per heavy atom. The Labute approximate surface area is 152 Å². The molecule has 3 rings (SSSR count). The van der Waals surface area contributed by atoms with Gasteiger partial charge >= 0.3 is 0 Å². The third kappa shape index (κ3) is 5.19. The molecule has 0 fully saturated rings. The molecule has 128 valence electrons. The Morgan fingerprint density at radius 3 is 2.52 bits per heavy atom. The van der Waals surface area contributed by atoms with E-state index in [9.17, 15) is 4.79 Å². The van der Waals surface area contributed by atoms with Crippen molar-refractivity contribution in [3.8, 4) is 0 Å². The summed E-state index contributed by atoms with van der Waals surface area (Å²) in [6.45, 7) is 1.22. The number of aryl methyl sites for hydroxylation is 1. The maximum absolute atomic E-state index is 12.1. The van der Waals surface area contributed by atoms with E-state index in [1.807, 2.05) is 59.4 Å². The fourth-order valence-electron chi connectivity index (χ4n) is 2.64. The van der Waals surface area contributed by atoms with Crippen LogP contribution in [0.15, 0.2) is 67.0 Å². The summed E-state index contributed by atoms with van der Waals surface area (Å²) in [5.41, 5.74) is 3.38. The monoisotopic (exact) mass is 353 g/mol. The molecule has 1 N–H and O–H groups in total. The van der Waals surface area contributed by atoms with Gasteiger partial charge in [-0.1, -0.05) is 48.0 Å². The molecule has 0 aliphatic heterocycles. The van der Waals surface area contributed by atoms with Crippen molar-refractivity contribution < 1.29 is 4.79 Å². The molecule has 5 heteroatoms. The molecule has 0 unspecified atom stereocenters. The standard InChI is InChI=1S/C20H20ClN3O/c21-19-9-6-16(7-10-19)8-11-20(25)22-14-17-4-1-2-5-18(17)15-24-13-3-12-23-24/h1-7,9-10,12-13H,8,11,14-15H2,(H,22,25). The molecule has 2 aromatic carbocycles. The largest absolute Gasteiger partial charge is 0.352 e. The lowest BCUT2D eigenvalue weighted by atomic mass is 10.1. The minimum Gasteiger partial charge on any atom is -0.352 e. The molecule has 0 saturated heterocycles. The van der Waals surface area contributed by atoms with Crippen molar-refractivity contribution >= 4 is 17.5 Å².